The van der Waals surface area contributed by atoms with Crippen LogP contribution in [0.1, 0.15) is 0 Å². The van der Waals surface area contributed by atoms with Crippen molar-refractivity contribution in [3.63, 3.8) is 0 Å². The number of aromatic nitrogens is 1. The van der Waals surface area contributed by atoms with Gasteiger partial charge in [-0.2, -0.15) is 4.99 Å². The van der Waals surface area contributed by atoms with Gasteiger partial charge in [0.2, 0.25) is 0 Å². The molecule has 4 rings (SSSR count). The number of carbonyl (C=O) groups excluding carboxylic acids is 1. The normalized spacial score (nSPS) is 12.7. The molecule has 0 aliphatic rings. The number of thiazole rings is 1. The molecule has 0 unspecified atom stereocenters. The SMILES string of the molecule is Cn1c(=NC(=O)CS(=O)(=O)c2ccc(F)cc2)sc2c3ccccc3ccc21. The quantitative estimate of drug-likeness (QED) is 0.482. The average Bonchev–Trinajstić information content (AvgIpc) is 2.98. The van der Waals surface area contributed by atoms with Crippen molar-refractivity contribution >= 4 is 48.1 Å². The zero-order valence-electron chi connectivity index (χ0n) is 14.8. The molecule has 4 aromatic rings. The van der Waals surface area contributed by atoms with Crippen LogP contribution >= 0.6 is 11.3 Å². The Labute approximate surface area is 164 Å². The highest BCUT2D eigenvalue weighted by atomic mass is 32.2. The molecule has 142 valence electrons. The number of halogens is 1. The number of rotatable bonds is 3. The molecule has 0 fully saturated rings. The molecule has 3 aromatic carbocycles. The lowest BCUT2D eigenvalue weighted by Crippen LogP contribution is -2.19. The highest BCUT2D eigenvalue weighted by Gasteiger charge is 2.19. The first-order chi connectivity index (χ1) is 13.3. The maximum Gasteiger partial charge on any atom is 0.263 e. The first kappa shape index (κ1) is 18.5. The van der Waals surface area contributed by atoms with Crippen LogP contribution in [0.25, 0.3) is 21.0 Å². The Kier molecular flexibility index (Phi) is 4.60. The third kappa shape index (κ3) is 3.36. The molecule has 0 atom stereocenters. The van der Waals surface area contributed by atoms with Crippen molar-refractivity contribution < 1.29 is 17.6 Å². The maximum absolute atomic E-state index is 13.0. The minimum Gasteiger partial charge on any atom is -0.319 e. The molecule has 0 bridgehead atoms. The molecule has 1 amide bonds. The summed E-state index contributed by atoms with van der Waals surface area (Å²) < 4.78 is 40.5. The van der Waals surface area contributed by atoms with Gasteiger partial charge in [0.1, 0.15) is 11.6 Å². The Bertz CT molecular complexity index is 1380. The first-order valence-corrected chi connectivity index (χ1v) is 10.9. The molecule has 8 heteroatoms. The lowest BCUT2D eigenvalue weighted by Gasteiger charge is -2.01. The van der Waals surface area contributed by atoms with E-state index in [1.54, 1.807) is 11.6 Å². The molecule has 0 aliphatic carbocycles. The molecule has 0 aliphatic heterocycles. The highest BCUT2D eigenvalue weighted by molar-refractivity contribution is 7.92. The van der Waals surface area contributed by atoms with Gasteiger partial charge in [-0.05, 0) is 35.7 Å². The monoisotopic (exact) mass is 414 g/mol. The van der Waals surface area contributed by atoms with Crippen LogP contribution in [0.15, 0.2) is 70.6 Å². The summed E-state index contributed by atoms with van der Waals surface area (Å²) in [4.78, 5) is 16.7. The van der Waals surface area contributed by atoms with Crippen LogP contribution in [-0.2, 0) is 21.7 Å². The van der Waals surface area contributed by atoms with Gasteiger partial charge in [0.25, 0.3) is 5.91 Å². The van der Waals surface area contributed by atoms with Crippen LogP contribution in [-0.4, -0.2) is 24.6 Å². The largest absolute Gasteiger partial charge is 0.319 e. The van der Waals surface area contributed by atoms with Crippen molar-refractivity contribution in [1.29, 1.82) is 0 Å². The summed E-state index contributed by atoms with van der Waals surface area (Å²) in [6.07, 6.45) is 0. The number of fused-ring (bicyclic) bond motifs is 3. The van der Waals surface area contributed by atoms with Crippen LogP contribution in [0, 0.1) is 5.82 Å². The molecule has 0 saturated carbocycles. The predicted molar refractivity (Wildman–Crippen MR) is 107 cm³/mol. The van der Waals surface area contributed by atoms with Crippen molar-refractivity contribution in [2.45, 2.75) is 4.90 Å². The molecule has 0 N–H and O–H groups in total. The molecule has 1 heterocycles. The van der Waals surface area contributed by atoms with Gasteiger partial charge in [-0.15, -0.1) is 0 Å². The van der Waals surface area contributed by atoms with Crippen LogP contribution in [0.2, 0.25) is 0 Å². The van der Waals surface area contributed by atoms with Crippen LogP contribution in [0.4, 0.5) is 4.39 Å². The van der Waals surface area contributed by atoms with E-state index in [1.807, 2.05) is 36.4 Å². The second kappa shape index (κ2) is 6.96. The number of hydrogen-bond acceptors (Lipinski definition) is 4. The van der Waals surface area contributed by atoms with Gasteiger partial charge < -0.3 is 4.57 Å². The molecule has 5 nitrogen and oxygen atoms in total. The minimum absolute atomic E-state index is 0.107. The van der Waals surface area contributed by atoms with Crippen molar-refractivity contribution in [3.8, 4) is 0 Å². The predicted octanol–water partition coefficient (Wildman–Crippen LogP) is 3.43. The van der Waals surface area contributed by atoms with Crippen molar-refractivity contribution in [1.82, 2.24) is 4.57 Å². The van der Waals surface area contributed by atoms with Crippen LogP contribution in [0.5, 0.6) is 0 Å². The van der Waals surface area contributed by atoms with Gasteiger partial charge >= 0.3 is 0 Å². The van der Waals surface area contributed by atoms with E-state index in [9.17, 15) is 17.6 Å². The molecule has 0 spiro atoms. The second-order valence-corrected chi connectivity index (χ2v) is 9.26. The lowest BCUT2D eigenvalue weighted by molar-refractivity contribution is -0.115. The van der Waals surface area contributed by atoms with Gasteiger partial charge in [-0.3, -0.25) is 4.79 Å². The van der Waals surface area contributed by atoms with E-state index in [4.69, 9.17) is 0 Å². The second-order valence-electron chi connectivity index (χ2n) is 6.30. The van der Waals surface area contributed by atoms with E-state index in [-0.39, 0.29) is 4.90 Å². The van der Waals surface area contributed by atoms with E-state index >= 15 is 0 Å². The van der Waals surface area contributed by atoms with Gasteiger partial charge in [0.05, 0.1) is 15.1 Å². The Morgan fingerprint density at radius 1 is 1.07 bits per heavy atom. The van der Waals surface area contributed by atoms with Gasteiger partial charge in [-0.1, -0.05) is 41.7 Å². The molecule has 0 radical (unpaired) electrons. The summed E-state index contributed by atoms with van der Waals surface area (Å²) in [5.74, 6) is -2.08. The highest BCUT2D eigenvalue weighted by Crippen LogP contribution is 2.27. The fraction of sp³-hybridized carbons (Fsp3) is 0.100. The fourth-order valence-electron chi connectivity index (χ4n) is 2.99. The Balaban J connectivity index is 1.73. The molecule has 28 heavy (non-hydrogen) atoms. The van der Waals surface area contributed by atoms with Crippen LogP contribution in [0.3, 0.4) is 0 Å². The third-order valence-corrected chi connectivity index (χ3v) is 7.21. The Morgan fingerprint density at radius 2 is 1.79 bits per heavy atom. The summed E-state index contributed by atoms with van der Waals surface area (Å²) in [6, 6.07) is 16.2. The zero-order valence-corrected chi connectivity index (χ0v) is 16.4. The van der Waals surface area contributed by atoms with Gasteiger partial charge in [-0.25, -0.2) is 12.8 Å². The minimum atomic E-state index is -3.89. The fourth-order valence-corrected chi connectivity index (χ4v) is 5.27. The summed E-state index contributed by atoms with van der Waals surface area (Å²) in [5, 5.41) is 2.13. The Hall–Kier alpha value is -2.84. The average molecular weight is 414 g/mol. The van der Waals surface area contributed by atoms with Crippen molar-refractivity contribution in [2.75, 3.05) is 5.75 Å². The number of carbonyl (C=O) groups is 1. The third-order valence-electron chi connectivity index (χ3n) is 4.41. The molecule has 0 saturated heterocycles. The summed E-state index contributed by atoms with van der Waals surface area (Å²) in [7, 11) is -2.10. The van der Waals surface area contributed by atoms with Crippen molar-refractivity contribution in [2.24, 2.45) is 12.0 Å². The molecule has 1 aromatic heterocycles. The molecular formula is C20H15FN2O3S2. The number of amides is 1. The van der Waals surface area contributed by atoms with E-state index in [1.165, 1.54) is 11.3 Å². The summed E-state index contributed by atoms with van der Waals surface area (Å²) >= 11 is 1.34. The summed E-state index contributed by atoms with van der Waals surface area (Å²) in [5.41, 5.74) is 0.914. The van der Waals surface area contributed by atoms with Crippen LogP contribution < -0.4 is 4.80 Å². The van der Waals surface area contributed by atoms with Gasteiger partial charge in [0.15, 0.2) is 14.6 Å². The first-order valence-electron chi connectivity index (χ1n) is 8.38. The van der Waals surface area contributed by atoms with E-state index < -0.39 is 27.3 Å². The number of sulfone groups is 1. The van der Waals surface area contributed by atoms with E-state index in [2.05, 4.69) is 4.99 Å². The number of benzene rings is 3. The molecular weight excluding hydrogens is 399 g/mol. The lowest BCUT2D eigenvalue weighted by atomic mass is 10.1. The number of nitrogens with zero attached hydrogens (tertiary/aromatic N) is 2. The summed E-state index contributed by atoms with van der Waals surface area (Å²) in [6.45, 7) is 0. The van der Waals surface area contributed by atoms with E-state index in [0.29, 0.717) is 4.80 Å². The Morgan fingerprint density at radius 3 is 2.54 bits per heavy atom. The zero-order chi connectivity index (χ0) is 19.9. The maximum atomic E-state index is 13.0. The number of aryl methyl sites for hydroxylation is 1. The van der Waals surface area contributed by atoms with Crippen molar-refractivity contribution in [3.05, 3.63) is 71.3 Å². The smallest absolute Gasteiger partial charge is 0.263 e. The topological polar surface area (TPSA) is 68.5 Å². The standard InChI is InChI=1S/C20H15FN2O3S2/c1-23-17-11-6-13-4-2-3-5-16(13)19(17)27-20(23)22-18(24)12-28(25,26)15-9-7-14(21)8-10-15/h2-11H,12H2,1H3. The van der Waals surface area contributed by atoms with E-state index in [0.717, 1.165) is 45.3 Å². The number of hydrogen-bond donors (Lipinski definition) is 0. The van der Waals surface area contributed by atoms with Gasteiger partial charge in [0, 0.05) is 12.4 Å².